The van der Waals surface area contributed by atoms with Gasteiger partial charge in [0.25, 0.3) is 0 Å². The molecule has 3 nitrogen and oxygen atoms in total. The van der Waals surface area contributed by atoms with Crippen LogP contribution in [0.25, 0.3) is 0 Å². The minimum Gasteiger partial charge on any atom is -0.469 e. The Morgan fingerprint density at radius 2 is 1.86 bits per heavy atom. The molecule has 1 saturated carbocycles. The molecule has 0 radical (unpaired) electrons. The third-order valence-electron chi connectivity index (χ3n) is 6.86. The second kappa shape index (κ2) is 6.28. The van der Waals surface area contributed by atoms with Crippen molar-refractivity contribution in [3.63, 3.8) is 0 Å². The number of nitrogens with zero attached hydrogens (tertiary/aromatic N) is 1. The van der Waals surface area contributed by atoms with Crippen molar-refractivity contribution in [2.45, 2.75) is 70.4 Å². The van der Waals surface area contributed by atoms with Gasteiger partial charge in [-0.2, -0.15) is 0 Å². The van der Waals surface area contributed by atoms with Crippen LogP contribution in [0.4, 0.5) is 0 Å². The van der Waals surface area contributed by atoms with Crippen molar-refractivity contribution in [3.8, 4) is 0 Å². The number of esters is 1. The molecule has 0 amide bonds. The van der Waals surface area contributed by atoms with Gasteiger partial charge in [-0.25, -0.2) is 0 Å². The highest BCUT2D eigenvalue weighted by molar-refractivity contribution is 5.74. The molecule has 21 heavy (non-hydrogen) atoms. The van der Waals surface area contributed by atoms with Gasteiger partial charge in [0.05, 0.1) is 13.0 Å². The SMILES string of the molecule is CCC1CCC([C@H]2C[C@H]3CCC(C2C(=O)OC)N3C)CC1. The molecule has 120 valence electrons. The Morgan fingerprint density at radius 3 is 2.48 bits per heavy atom. The average molecular weight is 293 g/mol. The molecule has 4 atom stereocenters. The number of ether oxygens (including phenoxy) is 1. The van der Waals surface area contributed by atoms with E-state index in [1.54, 1.807) is 7.11 Å². The number of carbonyl (C=O) groups excluding carboxylic acids is 1. The lowest BCUT2D eigenvalue weighted by Crippen LogP contribution is -2.52. The van der Waals surface area contributed by atoms with E-state index < -0.39 is 0 Å². The molecule has 0 aromatic heterocycles. The van der Waals surface area contributed by atoms with Crippen LogP contribution in [0.1, 0.15) is 58.3 Å². The molecule has 2 bridgehead atoms. The van der Waals surface area contributed by atoms with E-state index in [1.807, 2.05) is 0 Å². The summed E-state index contributed by atoms with van der Waals surface area (Å²) < 4.78 is 5.19. The van der Waals surface area contributed by atoms with Crippen LogP contribution in [0.3, 0.4) is 0 Å². The molecule has 0 aromatic rings. The molecular weight excluding hydrogens is 262 g/mol. The zero-order valence-corrected chi connectivity index (χ0v) is 13.9. The molecule has 3 heteroatoms. The molecule has 2 heterocycles. The van der Waals surface area contributed by atoms with Gasteiger partial charge in [-0.1, -0.05) is 26.2 Å². The minimum atomic E-state index is 0.0508. The van der Waals surface area contributed by atoms with Gasteiger partial charge < -0.3 is 4.74 Å². The number of piperidine rings is 1. The van der Waals surface area contributed by atoms with E-state index in [2.05, 4.69) is 18.9 Å². The van der Waals surface area contributed by atoms with Gasteiger partial charge in [0.15, 0.2) is 0 Å². The number of rotatable bonds is 3. The van der Waals surface area contributed by atoms with Crippen LogP contribution in [-0.2, 0) is 9.53 Å². The molecule has 0 N–H and O–H groups in total. The van der Waals surface area contributed by atoms with Gasteiger partial charge in [0.2, 0.25) is 0 Å². The molecule has 0 spiro atoms. The Morgan fingerprint density at radius 1 is 1.14 bits per heavy atom. The highest BCUT2D eigenvalue weighted by Gasteiger charge is 2.51. The molecule has 1 aliphatic carbocycles. The summed E-state index contributed by atoms with van der Waals surface area (Å²) in [6.07, 6.45) is 10.4. The number of hydrogen-bond acceptors (Lipinski definition) is 3. The Bertz CT molecular complexity index is 375. The quantitative estimate of drug-likeness (QED) is 0.746. The Kier molecular flexibility index (Phi) is 4.58. The Labute approximate surface area is 129 Å². The van der Waals surface area contributed by atoms with Crippen molar-refractivity contribution in [2.24, 2.45) is 23.7 Å². The molecule has 2 unspecified atom stereocenters. The van der Waals surface area contributed by atoms with E-state index in [9.17, 15) is 4.79 Å². The van der Waals surface area contributed by atoms with E-state index in [-0.39, 0.29) is 11.9 Å². The first kappa shape index (κ1) is 15.3. The summed E-state index contributed by atoms with van der Waals surface area (Å²) in [5.74, 6) is 2.44. The standard InChI is InChI=1S/C18H31NO2/c1-4-12-5-7-13(8-6-12)15-11-14-9-10-16(19(14)2)17(15)18(20)21-3/h12-17H,4-11H2,1-3H3/t12?,13?,14-,15-,16?,17?/m1/s1. The lowest BCUT2D eigenvalue weighted by Gasteiger charge is -2.46. The largest absolute Gasteiger partial charge is 0.469 e. The van der Waals surface area contributed by atoms with Gasteiger partial charge in [0.1, 0.15) is 0 Å². The zero-order valence-electron chi connectivity index (χ0n) is 13.9. The summed E-state index contributed by atoms with van der Waals surface area (Å²) in [4.78, 5) is 14.9. The highest BCUT2D eigenvalue weighted by atomic mass is 16.5. The smallest absolute Gasteiger partial charge is 0.310 e. The van der Waals surface area contributed by atoms with Gasteiger partial charge in [-0.05, 0) is 56.9 Å². The highest BCUT2D eigenvalue weighted by Crippen LogP contribution is 2.48. The summed E-state index contributed by atoms with van der Waals surface area (Å²) in [7, 11) is 3.77. The first-order valence-corrected chi connectivity index (χ1v) is 8.95. The average Bonchev–Trinajstić information content (AvgIpc) is 2.76. The number of methoxy groups -OCH3 is 1. The lowest BCUT2D eigenvalue weighted by atomic mass is 9.66. The summed E-state index contributed by atoms with van der Waals surface area (Å²) in [5.41, 5.74) is 0. The summed E-state index contributed by atoms with van der Waals surface area (Å²) in [5, 5.41) is 0. The maximum Gasteiger partial charge on any atom is 0.310 e. The van der Waals surface area contributed by atoms with Crippen molar-refractivity contribution in [1.82, 2.24) is 4.90 Å². The van der Waals surface area contributed by atoms with Crippen molar-refractivity contribution >= 4 is 5.97 Å². The van der Waals surface area contributed by atoms with Gasteiger partial charge in [-0.3, -0.25) is 9.69 Å². The third-order valence-corrected chi connectivity index (χ3v) is 6.86. The van der Waals surface area contributed by atoms with E-state index in [0.29, 0.717) is 18.0 Å². The maximum atomic E-state index is 12.4. The maximum absolute atomic E-state index is 12.4. The van der Waals surface area contributed by atoms with E-state index in [1.165, 1.54) is 51.4 Å². The Balaban J connectivity index is 1.75. The van der Waals surface area contributed by atoms with Crippen molar-refractivity contribution in [2.75, 3.05) is 14.2 Å². The van der Waals surface area contributed by atoms with Crippen molar-refractivity contribution < 1.29 is 9.53 Å². The zero-order chi connectivity index (χ0) is 15.0. The topological polar surface area (TPSA) is 29.5 Å². The van der Waals surface area contributed by atoms with Gasteiger partial charge in [-0.15, -0.1) is 0 Å². The van der Waals surface area contributed by atoms with E-state index in [0.717, 1.165) is 11.8 Å². The predicted molar refractivity (Wildman–Crippen MR) is 83.9 cm³/mol. The fraction of sp³-hybridized carbons (Fsp3) is 0.944. The fourth-order valence-corrected chi connectivity index (χ4v) is 5.48. The molecule has 3 aliphatic rings. The normalized spacial score (nSPS) is 43.8. The molecule has 2 saturated heterocycles. The van der Waals surface area contributed by atoms with Gasteiger partial charge in [0, 0.05) is 12.1 Å². The van der Waals surface area contributed by atoms with Crippen molar-refractivity contribution in [3.05, 3.63) is 0 Å². The summed E-state index contributed by atoms with van der Waals surface area (Å²) in [6, 6.07) is 1.15. The predicted octanol–water partition coefficient (Wildman–Crippen LogP) is 3.47. The monoisotopic (exact) mass is 293 g/mol. The second-order valence-electron chi connectivity index (χ2n) is 7.60. The third kappa shape index (κ3) is 2.74. The minimum absolute atomic E-state index is 0.0508. The van der Waals surface area contributed by atoms with Crippen LogP contribution in [0.5, 0.6) is 0 Å². The first-order valence-electron chi connectivity index (χ1n) is 8.95. The fourth-order valence-electron chi connectivity index (χ4n) is 5.48. The number of carbonyl (C=O) groups is 1. The number of fused-ring (bicyclic) bond motifs is 2. The van der Waals surface area contributed by atoms with Crippen LogP contribution in [-0.4, -0.2) is 37.1 Å². The van der Waals surface area contributed by atoms with Crippen LogP contribution >= 0.6 is 0 Å². The molecule has 0 aromatic carbocycles. The van der Waals surface area contributed by atoms with Crippen LogP contribution < -0.4 is 0 Å². The summed E-state index contributed by atoms with van der Waals surface area (Å²) in [6.45, 7) is 2.32. The lowest BCUT2D eigenvalue weighted by molar-refractivity contribution is -0.154. The molecule has 3 rings (SSSR count). The van der Waals surface area contributed by atoms with Crippen LogP contribution in [0.15, 0.2) is 0 Å². The molecular formula is C18H31NO2. The number of hydrogen-bond donors (Lipinski definition) is 0. The summed E-state index contributed by atoms with van der Waals surface area (Å²) >= 11 is 0. The molecule has 2 aliphatic heterocycles. The van der Waals surface area contributed by atoms with Crippen LogP contribution in [0, 0.1) is 23.7 Å². The van der Waals surface area contributed by atoms with E-state index >= 15 is 0 Å². The second-order valence-corrected chi connectivity index (χ2v) is 7.60. The van der Waals surface area contributed by atoms with Crippen LogP contribution in [0.2, 0.25) is 0 Å². The Hall–Kier alpha value is -0.570. The van der Waals surface area contributed by atoms with Crippen molar-refractivity contribution in [1.29, 1.82) is 0 Å². The first-order chi connectivity index (χ1) is 10.2. The molecule has 3 fully saturated rings. The van der Waals surface area contributed by atoms with Gasteiger partial charge >= 0.3 is 5.97 Å². The van der Waals surface area contributed by atoms with E-state index in [4.69, 9.17) is 4.74 Å².